The fourth-order valence-electron chi connectivity index (χ4n) is 4.02. The fraction of sp³-hybridized carbons (Fsp3) is 0.125. The molecule has 0 amide bonds. The average molecular weight is 356 g/mol. The quantitative estimate of drug-likeness (QED) is 0.337. The average Bonchev–Trinajstić information content (AvgIpc) is 3.00. The number of nitrogens with zero attached hydrogens (tertiary/aromatic N) is 1. The molecule has 2 nitrogen and oxygen atoms in total. The molecular formula is C24H19FNO+. The summed E-state index contributed by atoms with van der Waals surface area (Å²) in [5, 5.41) is 4.32. The molecule has 5 rings (SSSR count). The van der Waals surface area contributed by atoms with Crippen molar-refractivity contribution in [1.29, 1.82) is 0 Å². The first kappa shape index (κ1) is 16.0. The predicted octanol–water partition coefficient (Wildman–Crippen LogP) is 5.99. The summed E-state index contributed by atoms with van der Waals surface area (Å²) in [6, 6.07) is 17.4. The van der Waals surface area contributed by atoms with Crippen LogP contribution in [0.2, 0.25) is 0 Å². The highest BCUT2D eigenvalue weighted by Gasteiger charge is 2.24. The van der Waals surface area contributed by atoms with Crippen molar-refractivity contribution in [1.82, 2.24) is 0 Å². The second kappa shape index (κ2) is 5.65. The van der Waals surface area contributed by atoms with Crippen molar-refractivity contribution in [3.05, 3.63) is 77.7 Å². The summed E-state index contributed by atoms with van der Waals surface area (Å²) in [5.41, 5.74) is 5.94. The molecule has 132 valence electrons. The Bertz CT molecular complexity index is 1360. The van der Waals surface area contributed by atoms with E-state index in [1.807, 2.05) is 0 Å². The summed E-state index contributed by atoms with van der Waals surface area (Å²) >= 11 is 0. The van der Waals surface area contributed by atoms with Crippen LogP contribution >= 0.6 is 0 Å². The van der Waals surface area contributed by atoms with Crippen molar-refractivity contribution >= 4 is 32.7 Å². The van der Waals surface area contributed by atoms with Crippen LogP contribution in [-0.2, 0) is 7.05 Å². The third-order valence-electron chi connectivity index (χ3n) is 5.53. The first-order chi connectivity index (χ1) is 13.0. The molecule has 0 atom stereocenters. The third-order valence-corrected chi connectivity index (χ3v) is 5.53. The number of fused-ring (bicyclic) bond motifs is 4. The minimum atomic E-state index is -0.285. The molecule has 0 unspecified atom stereocenters. The Balaban J connectivity index is 2.01. The number of hydrogen-bond donors (Lipinski definition) is 0. The lowest BCUT2D eigenvalue weighted by Crippen LogP contribution is -2.30. The van der Waals surface area contributed by atoms with Crippen LogP contribution in [0.25, 0.3) is 44.0 Å². The monoisotopic (exact) mass is 356 g/mol. The lowest BCUT2D eigenvalue weighted by Gasteiger charge is -2.11. The second-order valence-electron chi connectivity index (χ2n) is 7.18. The minimum Gasteiger partial charge on any atom is -0.455 e. The zero-order valence-corrected chi connectivity index (χ0v) is 15.5. The topological polar surface area (TPSA) is 17.0 Å². The van der Waals surface area contributed by atoms with Crippen LogP contribution in [0, 0.1) is 19.7 Å². The molecule has 0 saturated heterocycles. The van der Waals surface area contributed by atoms with Crippen LogP contribution in [0.5, 0.6) is 0 Å². The van der Waals surface area contributed by atoms with Crippen LogP contribution in [0.4, 0.5) is 4.39 Å². The van der Waals surface area contributed by atoms with Crippen LogP contribution in [0.3, 0.4) is 0 Å². The summed E-state index contributed by atoms with van der Waals surface area (Å²) in [6.07, 6.45) is 2.08. The van der Waals surface area contributed by atoms with Crippen LogP contribution in [-0.4, -0.2) is 0 Å². The van der Waals surface area contributed by atoms with Crippen molar-refractivity contribution in [3.8, 4) is 11.3 Å². The summed E-state index contributed by atoms with van der Waals surface area (Å²) in [6.45, 7) is 4.24. The maximum atomic E-state index is 13.8. The van der Waals surface area contributed by atoms with E-state index in [1.54, 1.807) is 6.07 Å². The van der Waals surface area contributed by atoms with Gasteiger partial charge in [0.15, 0.2) is 6.20 Å². The molecule has 27 heavy (non-hydrogen) atoms. The van der Waals surface area contributed by atoms with Gasteiger partial charge in [0.05, 0.1) is 10.9 Å². The summed E-state index contributed by atoms with van der Waals surface area (Å²) in [4.78, 5) is 0. The van der Waals surface area contributed by atoms with E-state index < -0.39 is 0 Å². The number of rotatable bonds is 1. The number of hydrogen-bond acceptors (Lipinski definition) is 1. The van der Waals surface area contributed by atoms with Gasteiger partial charge in [-0.25, -0.2) is 8.96 Å². The summed E-state index contributed by atoms with van der Waals surface area (Å²) in [5.74, 6) is -0.285. The van der Waals surface area contributed by atoms with Crippen LogP contribution in [0.15, 0.2) is 65.2 Å². The third kappa shape index (κ3) is 2.28. The van der Waals surface area contributed by atoms with E-state index >= 15 is 0 Å². The normalized spacial score (nSPS) is 11.7. The molecule has 2 heterocycles. The smallest absolute Gasteiger partial charge is 0.224 e. The van der Waals surface area contributed by atoms with E-state index in [4.69, 9.17) is 4.42 Å². The molecule has 3 heteroatoms. The summed E-state index contributed by atoms with van der Waals surface area (Å²) < 4.78 is 22.1. The molecule has 0 spiro atoms. The van der Waals surface area contributed by atoms with Gasteiger partial charge in [-0.2, -0.15) is 0 Å². The van der Waals surface area contributed by atoms with Crippen molar-refractivity contribution in [3.63, 3.8) is 0 Å². The molecule has 3 aromatic carbocycles. The lowest BCUT2D eigenvalue weighted by molar-refractivity contribution is -0.659. The first-order valence-corrected chi connectivity index (χ1v) is 9.04. The van der Waals surface area contributed by atoms with Gasteiger partial charge in [-0.15, -0.1) is 0 Å². The van der Waals surface area contributed by atoms with E-state index in [1.165, 1.54) is 34.0 Å². The standard InChI is InChI=1S/C24H19FNO/c1-14-12-20-19-9-8-17(25)13-21(19)27-24(20)22(15(14)2)23-18-7-5-4-6-16(18)10-11-26(23)3/h4-13H,1-3H3/q+1. The van der Waals surface area contributed by atoms with Gasteiger partial charge in [0.2, 0.25) is 5.69 Å². The fourth-order valence-corrected chi connectivity index (χ4v) is 4.02. The van der Waals surface area contributed by atoms with Gasteiger partial charge in [-0.1, -0.05) is 18.2 Å². The van der Waals surface area contributed by atoms with E-state index in [2.05, 4.69) is 68.1 Å². The number of furan rings is 1. The highest BCUT2D eigenvalue weighted by Crippen LogP contribution is 2.40. The molecule has 0 aliphatic carbocycles. The predicted molar refractivity (Wildman–Crippen MR) is 107 cm³/mol. The number of halogens is 1. The number of pyridine rings is 1. The zero-order chi connectivity index (χ0) is 18.7. The molecule has 0 radical (unpaired) electrons. The number of aryl methyl sites for hydroxylation is 2. The van der Waals surface area contributed by atoms with Crippen LogP contribution < -0.4 is 4.57 Å². The molecule has 0 fully saturated rings. The van der Waals surface area contributed by atoms with Gasteiger partial charge in [0.25, 0.3) is 0 Å². The van der Waals surface area contributed by atoms with E-state index in [0.29, 0.717) is 5.58 Å². The first-order valence-electron chi connectivity index (χ1n) is 9.04. The highest BCUT2D eigenvalue weighted by atomic mass is 19.1. The van der Waals surface area contributed by atoms with Crippen molar-refractivity contribution in [2.45, 2.75) is 13.8 Å². The number of benzene rings is 3. The molecule has 5 aromatic rings. The van der Waals surface area contributed by atoms with Gasteiger partial charge in [-0.05, 0) is 54.6 Å². The van der Waals surface area contributed by atoms with Crippen molar-refractivity contribution in [2.75, 3.05) is 0 Å². The van der Waals surface area contributed by atoms with Crippen LogP contribution in [0.1, 0.15) is 11.1 Å². The van der Waals surface area contributed by atoms with Gasteiger partial charge in [0.1, 0.15) is 24.0 Å². The molecule has 0 N–H and O–H groups in total. The van der Waals surface area contributed by atoms with E-state index in [0.717, 1.165) is 27.6 Å². The van der Waals surface area contributed by atoms with Gasteiger partial charge in [0, 0.05) is 22.9 Å². The Morgan fingerprint density at radius 2 is 1.70 bits per heavy atom. The Morgan fingerprint density at radius 3 is 2.56 bits per heavy atom. The SMILES string of the molecule is Cc1cc2c(oc3cc(F)ccc32)c(-c2c3ccccc3cc[n+]2C)c1C. The summed E-state index contributed by atoms with van der Waals surface area (Å²) in [7, 11) is 2.05. The molecule has 0 aliphatic rings. The lowest BCUT2D eigenvalue weighted by atomic mass is 9.94. The maximum Gasteiger partial charge on any atom is 0.224 e. The molecule has 0 saturated carbocycles. The molecular weight excluding hydrogens is 337 g/mol. The molecule has 0 aliphatic heterocycles. The van der Waals surface area contributed by atoms with E-state index in [9.17, 15) is 4.39 Å². The minimum absolute atomic E-state index is 0.285. The molecule has 0 bridgehead atoms. The zero-order valence-electron chi connectivity index (χ0n) is 15.5. The highest BCUT2D eigenvalue weighted by molar-refractivity contribution is 6.12. The Morgan fingerprint density at radius 1 is 0.889 bits per heavy atom. The van der Waals surface area contributed by atoms with Gasteiger partial charge < -0.3 is 4.42 Å². The van der Waals surface area contributed by atoms with Gasteiger partial charge in [-0.3, -0.25) is 0 Å². The Kier molecular flexibility index (Phi) is 3.35. The maximum absolute atomic E-state index is 13.8. The Labute approximate surface area is 156 Å². The van der Waals surface area contributed by atoms with E-state index in [-0.39, 0.29) is 5.82 Å². The van der Waals surface area contributed by atoms with Gasteiger partial charge >= 0.3 is 0 Å². The van der Waals surface area contributed by atoms with Crippen molar-refractivity contribution < 1.29 is 13.4 Å². The Hall–Kier alpha value is -3.20. The number of aromatic nitrogens is 1. The second-order valence-corrected chi connectivity index (χ2v) is 7.18. The van der Waals surface area contributed by atoms with Crippen molar-refractivity contribution in [2.24, 2.45) is 7.05 Å². The largest absolute Gasteiger partial charge is 0.455 e. The molecule has 2 aromatic heterocycles.